The fourth-order valence-electron chi connectivity index (χ4n) is 6.45. The van der Waals surface area contributed by atoms with Crippen molar-refractivity contribution in [1.29, 1.82) is 0 Å². The number of allylic oxidation sites excluding steroid dienone is 2. The zero-order valence-corrected chi connectivity index (χ0v) is 16.3. The molecule has 3 saturated carbocycles. The molecule has 3 fully saturated rings. The molecule has 0 nitrogen and oxygen atoms in total. The van der Waals surface area contributed by atoms with Crippen molar-refractivity contribution in [3.05, 3.63) is 47.3 Å². The highest BCUT2D eigenvalue weighted by Crippen LogP contribution is 2.54. The molecule has 0 heterocycles. The lowest BCUT2D eigenvalue weighted by Crippen LogP contribution is -2.41. The summed E-state index contributed by atoms with van der Waals surface area (Å²) in [5.41, 5.74) is 0.653. The summed E-state index contributed by atoms with van der Waals surface area (Å²) < 4.78 is 40.6. The van der Waals surface area contributed by atoms with Crippen molar-refractivity contribution in [2.45, 2.75) is 70.6 Å². The van der Waals surface area contributed by atoms with E-state index in [9.17, 15) is 13.2 Å². The molecule has 4 rings (SSSR count). The number of benzene rings is 1. The Hall–Kier alpha value is -1.25. The van der Waals surface area contributed by atoms with Gasteiger partial charge in [-0.3, -0.25) is 0 Å². The van der Waals surface area contributed by atoms with Crippen LogP contribution >= 0.6 is 0 Å². The van der Waals surface area contributed by atoms with E-state index in [0.29, 0.717) is 11.5 Å². The van der Waals surface area contributed by atoms with Gasteiger partial charge in [-0.15, -0.1) is 0 Å². The van der Waals surface area contributed by atoms with E-state index in [1.165, 1.54) is 44.2 Å². The lowest BCUT2D eigenvalue weighted by atomic mass is 9.55. The fourth-order valence-corrected chi connectivity index (χ4v) is 6.45. The molecular formula is C24H31F3. The molecule has 1 aromatic carbocycles. The molecule has 0 spiro atoms. The zero-order valence-electron chi connectivity index (χ0n) is 16.3. The molecule has 148 valence electrons. The lowest BCUT2D eigenvalue weighted by molar-refractivity contribution is 0.0127. The first-order valence-electron chi connectivity index (χ1n) is 10.9. The second-order valence-electron chi connectivity index (χ2n) is 9.14. The van der Waals surface area contributed by atoms with Crippen LogP contribution in [0.1, 0.15) is 76.2 Å². The average molecular weight is 377 g/mol. The van der Waals surface area contributed by atoms with Crippen LogP contribution < -0.4 is 0 Å². The Bertz CT molecular complexity index is 672. The van der Waals surface area contributed by atoms with Crippen molar-refractivity contribution in [1.82, 2.24) is 0 Å². The number of fused-ring (bicyclic) bond motifs is 3. The minimum Gasteiger partial charge on any atom is -0.204 e. The normalized spacial score (nSPS) is 36.4. The monoisotopic (exact) mass is 376 g/mol. The molecule has 0 amide bonds. The van der Waals surface area contributed by atoms with Gasteiger partial charge < -0.3 is 0 Å². The summed E-state index contributed by atoms with van der Waals surface area (Å²) in [4.78, 5) is 0. The summed E-state index contributed by atoms with van der Waals surface area (Å²) in [5.74, 6) is 0.669. The molecule has 0 N–H and O–H groups in total. The van der Waals surface area contributed by atoms with E-state index >= 15 is 0 Å². The highest BCUT2D eigenvalue weighted by molar-refractivity contribution is 5.24. The molecule has 3 aliphatic rings. The third-order valence-corrected chi connectivity index (χ3v) is 7.70. The van der Waals surface area contributed by atoms with Crippen LogP contribution in [0, 0.1) is 47.0 Å². The first kappa shape index (κ1) is 19.1. The lowest BCUT2D eigenvalue weighted by Gasteiger charge is -2.50. The summed E-state index contributed by atoms with van der Waals surface area (Å²) >= 11 is 0. The van der Waals surface area contributed by atoms with Crippen LogP contribution in [0.2, 0.25) is 0 Å². The number of hydrogen-bond acceptors (Lipinski definition) is 0. The molecule has 0 bridgehead atoms. The molecule has 6 unspecified atom stereocenters. The number of hydrogen-bond donors (Lipinski definition) is 0. The number of halogens is 3. The maximum atomic E-state index is 13.7. The van der Waals surface area contributed by atoms with Crippen molar-refractivity contribution in [2.75, 3.05) is 0 Å². The molecule has 3 aliphatic carbocycles. The van der Waals surface area contributed by atoms with Crippen LogP contribution in [-0.2, 0) is 0 Å². The molecule has 0 radical (unpaired) electrons. The largest absolute Gasteiger partial charge is 0.204 e. The molecule has 6 atom stereocenters. The Balaban J connectivity index is 1.42. The third kappa shape index (κ3) is 3.84. The smallest absolute Gasteiger partial charge is 0.194 e. The van der Waals surface area contributed by atoms with Gasteiger partial charge in [0.2, 0.25) is 0 Å². The van der Waals surface area contributed by atoms with Crippen LogP contribution in [0.3, 0.4) is 0 Å². The molecule has 27 heavy (non-hydrogen) atoms. The molecule has 0 aliphatic heterocycles. The predicted molar refractivity (Wildman–Crippen MR) is 103 cm³/mol. The van der Waals surface area contributed by atoms with Gasteiger partial charge in [0, 0.05) is 0 Å². The minimum atomic E-state index is -1.35. The van der Waals surface area contributed by atoms with Crippen molar-refractivity contribution in [2.24, 2.45) is 29.6 Å². The Morgan fingerprint density at radius 3 is 2.15 bits per heavy atom. The van der Waals surface area contributed by atoms with Crippen LogP contribution in [-0.4, -0.2) is 0 Å². The van der Waals surface area contributed by atoms with Gasteiger partial charge in [-0.05, 0) is 111 Å². The molecule has 1 aromatic rings. The van der Waals surface area contributed by atoms with E-state index in [-0.39, 0.29) is 5.92 Å². The molecular weight excluding hydrogens is 345 g/mol. The Morgan fingerprint density at radius 1 is 0.852 bits per heavy atom. The maximum Gasteiger partial charge on any atom is 0.194 e. The Labute approximate surface area is 161 Å². The second-order valence-corrected chi connectivity index (χ2v) is 9.14. The SMILES string of the molecule is CC/C=C/C1CCC2C(CCC3CC(c4cc(F)c(F)c(F)c4)CCC32)C1. The predicted octanol–water partition coefficient (Wildman–Crippen LogP) is 7.40. The van der Waals surface area contributed by atoms with Gasteiger partial charge in [0.15, 0.2) is 17.5 Å². The highest BCUT2D eigenvalue weighted by atomic mass is 19.2. The van der Waals surface area contributed by atoms with E-state index in [2.05, 4.69) is 19.1 Å². The van der Waals surface area contributed by atoms with E-state index in [1.54, 1.807) is 0 Å². The van der Waals surface area contributed by atoms with Crippen molar-refractivity contribution in [3.63, 3.8) is 0 Å². The second kappa shape index (κ2) is 8.01. The minimum absolute atomic E-state index is 0.177. The summed E-state index contributed by atoms with van der Waals surface area (Å²) in [6.07, 6.45) is 15.6. The van der Waals surface area contributed by atoms with Gasteiger partial charge in [-0.25, -0.2) is 13.2 Å². The van der Waals surface area contributed by atoms with Gasteiger partial charge in [-0.2, -0.15) is 0 Å². The maximum absolute atomic E-state index is 13.7. The third-order valence-electron chi connectivity index (χ3n) is 7.70. The van der Waals surface area contributed by atoms with Gasteiger partial charge in [0.1, 0.15) is 0 Å². The fraction of sp³-hybridized carbons (Fsp3) is 0.667. The first-order chi connectivity index (χ1) is 13.1. The molecule has 0 aromatic heterocycles. The van der Waals surface area contributed by atoms with E-state index in [4.69, 9.17) is 0 Å². The van der Waals surface area contributed by atoms with Gasteiger partial charge >= 0.3 is 0 Å². The van der Waals surface area contributed by atoms with Crippen LogP contribution in [0.4, 0.5) is 13.2 Å². The van der Waals surface area contributed by atoms with E-state index in [1.807, 2.05) is 0 Å². The Kier molecular flexibility index (Phi) is 5.66. The van der Waals surface area contributed by atoms with Gasteiger partial charge in [0.05, 0.1) is 0 Å². The summed E-state index contributed by atoms with van der Waals surface area (Å²) in [6, 6.07) is 2.45. The van der Waals surface area contributed by atoms with Crippen LogP contribution in [0.25, 0.3) is 0 Å². The highest BCUT2D eigenvalue weighted by Gasteiger charge is 2.44. The van der Waals surface area contributed by atoms with Crippen molar-refractivity contribution in [3.8, 4) is 0 Å². The number of rotatable bonds is 3. The van der Waals surface area contributed by atoms with Gasteiger partial charge in [-0.1, -0.05) is 19.1 Å². The topological polar surface area (TPSA) is 0 Å². The quantitative estimate of drug-likeness (QED) is 0.381. The molecule has 3 heteroatoms. The molecule has 0 saturated heterocycles. The van der Waals surface area contributed by atoms with Crippen LogP contribution in [0.15, 0.2) is 24.3 Å². The van der Waals surface area contributed by atoms with Crippen molar-refractivity contribution < 1.29 is 13.2 Å². The Morgan fingerprint density at radius 2 is 1.48 bits per heavy atom. The summed E-state index contributed by atoms with van der Waals surface area (Å²) in [6.45, 7) is 2.20. The first-order valence-corrected chi connectivity index (χ1v) is 10.9. The van der Waals surface area contributed by atoms with E-state index in [0.717, 1.165) is 49.4 Å². The summed E-state index contributed by atoms with van der Waals surface area (Å²) in [7, 11) is 0. The van der Waals surface area contributed by atoms with Gasteiger partial charge in [0.25, 0.3) is 0 Å². The average Bonchev–Trinajstić information content (AvgIpc) is 2.69. The van der Waals surface area contributed by atoms with Crippen LogP contribution in [0.5, 0.6) is 0 Å². The zero-order chi connectivity index (χ0) is 19.0. The van der Waals surface area contributed by atoms with E-state index < -0.39 is 17.5 Å². The summed E-state index contributed by atoms with van der Waals surface area (Å²) in [5, 5.41) is 0. The van der Waals surface area contributed by atoms with Crippen molar-refractivity contribution >= 4 is 0 Å². The standard InChI is InChI=1S/C24H31F3/c1-2-3-4-15-5-9-20-17(11-15)6-7-18-12-16(8-10-21(18)20)19-13-22(25)24(27)23(26)14-19/h3-4,13-18,20-21H,2,5-12H2,1H3/b4-3+.